The van der Waals surface area contributed by atoms with Gasteiger partial charge in [-0.3, -0.25) is 0 Å². The first-order chi connectivity index (χ1) is 5.92. The lowest BCUT2D eigenvalue weighted by Gasteiger charge is -2.35. The molecule has 0 N–H and O–H groups in total. The first-order valence-corrected chi connectivity index (χ1v) is 6.51. The summed E-state index contributed by atoms with van der Waals surface area (Å²) in [5.74, 6) is 0. The Hall–Kier alpha value is -0.243. The summed E-state index contributed by atoms with van der Waals surface area (Å²) < 4.78 is 76.9. The van der Waals surface area contributed by atoms with Crippen molar-refractivity contribution in [2.45, 2.75) is 38.0 Å². The van der Waals surface area contributed by atoms with Crippen LogP contribution in [0.15, 0.2) is 0 Å². The van der Waals surface area contributed by atoms with E-state index in [1.165, 1.54) is 13.1 Å². The molecule has 0 unspecified atom stereocenters. The van der Waals surface area contributed by atoms with Crippen molar-refractivity contribution in [3.63, 3.8) is 0 Å². The number of rotatable bonds is 2. The van der Waals surface area contributed by atoms with Gasteiger partial charge in [-0.2, -0.15) is 26.3 Å². The minimum Gasteiger partial charge on any atom is -0.400 e. The first kappa shape index (κ1) is 13.8. The van der Waals surface area contributed by atoms with Crippen LogP contribution in [0.25, 0.3) is 0 Å². The number of hydrogen-bond donors (Lipinski definition) is 0. The molecule has 0 radical (unpaired) electrons. The summed E-state index contributed by atoms with van der Waals surface area (Å²) in [5.41, 5.74) is -4.04. The van der Waals surface area contributed by atoms with Gasteiger partial charge < -0.3 is 4.43 Å². The summed E-state index contributed by atoms with van der Waals surface area (Å²) in [7, 11) is -2.44. The van der Waals surface area contributed by atoms with E-state index in [2.05, 4.69) is 4.43 Å². The highest BCUT2D eigenvalue weighted by Crippen LogP contribution is 2.45. The van der Waals surface area contributed by atoms with E-state index in [1.54, 1.807) is 0 Å². The van der Waals surface area contributed by atoms with Gasteiger partial charge in [-0.15, -0.1) is 0 Å². The fourth-order valence-electron chi connectivity index (χ4n) is 0.766. The van der Waals surface area contributed by atoms with Gasteiger partial charge in [0.05, 0.1) is 0 Å². The minimum atomic E-state index is -5.44. The maximum Gasteiger partial charge on any atom is 0.425 e. The van der Waals surface area contributed by atoms with E-state index in [4.69, 9.17) is 0 Å². The Kier molecular flexibility index (Phi) is 3.66. The van der Waals surface area contributed by atoms with E-state index in [0.29, 0.717) is 0 Å². The van der Waals surface area contributed by atoms with Crippen molar-refractivity contribution in [3.05, 3.63) is 0 Å². The second-order valence-corrected chi connectivity index (χ2v) is 5.53. The molecule has 0 atom stereocenters. The maximum atomic E-state index is 12.1. The Morgan fingerprint density at radius 3 is 1.21 bits per heavy atom. The van der Waals surface area contributed by atoms with Crippen molar-refractivity contribution in [1.29, 1.82) is 0 Å². The maximum absolute atomic E-state index is 12.1. The van der Waals surface area contributed by atoms with Crippen LogP contribution in [0.4, 0.5) is 26.3 Å². The van der Waals surface area contributed by atoms with Crippen molar-refractivity contribution in [3.8, 4) is 0 Å². The molecule has 0 spiro atoms. The molecule has 0 saturated carbocycles. The Labute approximate surface area is 78.8 Å². The summed E-state index contributed by atoms with van der Waals surface area (Å²) in [6.45, 7) is 2.51. The standard InChI is InChI=1S/C6H10F6OSi/c1-4(5(7,8)9,6(10,11)12)13-14(2)3/h14H,1-3H3. The third-order valence-electron chi connectivity index (χ3n) is 1.55. The lowest BCUT2D eigenvalue weighted by Crippen LogP contribution is -2.58. The fraction of sp³-hybridized carbons (Fsp3) is 1.00. The molecule has 0 saturated heterocycles. The third-order valence-corrected chi connectivity index (χ3v) is 2.50. The molecular weight excluding hydrogens is 230 g/mol. The van der Waals surface area contributed by atoms with Gasteiger partial charge in [-0.05, 0) is 20.0 Å². The van der Waals surface area contributed by atoms with Crippen LogP contribution in [0.1, 0.15) is 6.92 Å². The molecular formula is C6H10F6OSi. The van der Waals surface area contributed by atoms with Gasteiger partial charge >= 0.3 is 12.4 Å². The van der Waals surface area contributed by atoms with Crippen molar-refractivity contribution in [2.75, 3.05) is 0 Å². The quantitative estimate of drug-likeness (QED) is 0.532. The Bertz CT molecular complexity index is 181. The zero-order valence-electron chi connectivity index (χ0n) is 7.75. The molecule has 86 valence electrons. The van der Waals surface area contributed by atoms with E-state index < -0.39 is 27.0 Å². The summed E-state index contributed by atoms with van der Waals surface area (Å²) in [6, 6.07) is 0. The molecule has 0 aromatic rings. The van der Waals surface area contributed by atoms with Gasteiger partial charge in [0.25, 0.3) is 0 Å². The van der Waals surface area contributed by atoms with Crippen LogP contribution in [-0.2, 0) is 4.43 Å². The average Bonchev–Trinajstić information content (AvgIpc) is 1.79. The zero-order chi connectivity index (χ0) is 11.8. The highest BCUT2D eigenvalue weighted by atomic mass is 28.3. The number of halogens is 6. The monoisotopic (exact) mass is 240 g/mol. The largest absolute Gasteiger partial charge is 0.425 e. The second kappa shape index (κ2) is 3.73. The van der Waals surface area contributed by atoms with Gasteiger partial charge in [-0.1, -0.05) is 0 Å². The Morgan fingerprint density at radius 1 is 0.857 bits per heavy atom. The summed E-state index contributed by atoms with van der Waals surface area (Å²) in [6.07, 6.45) is -10.9. The highest BCUT2D eigenvalue weighted by Gasteiger charge is 2.69. The molecule has 0 aliphatic carbocycles. The fourth-order valence-corrected chi connectivity index (χ4v) is 1.98. The van der Waals surface area contributed by atoms with E-state index in [9.17, 15) is 26.3 Å². The number of alkyl halides is 6. The van der Waals surface area contributed by atoms with Crippen LogP contribution in [0.2, 0.25) is 13.1 Å². The van der Waals surface area contributed by atoms with Crippen molar-refractivity contribution < 1.29 is 30.8 Å². The lowest BCUT2D eigenvalue weighted by atomic mass is 10.1. The number of hydrogen-bond acceptors (Lipinski definition) is 1. The van der Waals surface area contributed by atoms with Gasteiger partial charge in [0.1, 0.15) is 0 Å². The Balaban J connectivity index is 5.07. The molecule has 0 aromatic heterocycles. The molecule has 0 rings (SSSR count). The average molecular weight is 240 g/mol. The molecule has 0 heterocycles. The highest BCUT2D eigenvalue weighted by molar-refractivity contribution is 6.48. The molecule has 0 aromatic carbocycles. The van der Waals surface area contributed by atoms with Crippen LogP contribution >= 0.6 is 0 Å². The minimum absolute atomic E-state index is 0.0139. The molecule has 0 amide bonds. The molecule has 1 nitrogen and oxygen atoms in total. The van der Waals surface area contributed by atoms with Gasteiger partial charge in [0, 0.05) is 0 Å². The van der Waals surface area contributed by atoms with Crippen LogP contribution < -0.4 is 0 Å². The van der Waals surface area contributed by atoms with Crippen molar-refractivity contribution in [2.24, 2.45) is 0 Å². The lowest BCUT2D eigenvalue weighted by molar-refractivity contribution is -0.352. The van der Waals surface area contributed by atoms with Gasteiger partial charge in [0.15, 0.2) is 9.04 Å². The van der Waals surface area contributed by atoms with E-state index in [1.807, 2.05) is 0 Å². The molecule has 0 aliphatic rings. The summed E-state index contributed by atoms with van der Waals surface area (Å²) in [4.78, 5) is 0. The van der Waals surface area contributed by atoms with E-state index in [0.717, 1.165) is 0 Å². The molecule has 0 fully saturated rings. The SMILES string of the molecule is C[SiH](C)OC(C)(C(F)(F)F)C(F)(F)F. The topological polar surface area (TPSA) is 9.23 Å². The normalized spacial score (nSPS) is 15.0. The molecule has 0 bridgehead atoms. The predicted octanol–water partition coefficient (Wildman–Crippen LogP) is 2.87. The van der Waals surface area contributed by atoms with Crippen molar-refractivity contribution >= 4 is 9.04 Å². The van der Waals surface area contributed by atoms with Crippen LogP contribution in [0.5, 0.6) is 0 Å². The third kappa shape index (κ3) is 2.63. The molecule has 8 heteroatoms. The first-order valence-electron chi connectivity index (χ1n) is 3.73. The van der Waals surface area contributed by atoms with Gasteiger partial charge in [-0.25, -0.2) is 0 Å². The molecule has 14 heavy (non-hydrogen) atoms. The van der Waals surface area contributed by atoms with E-state index in [-0.39, 0.29) is 6.92 Å². The molecule has 0 aliphatic heterocycles. The van der Waals surface area contributed by atoms with Crippen LogP contribution in [0, 0.1) is 0 Å². The Morgan fingerprint density at radius 2 is 1.14 bits per heavy atom. The predicted molar refractivity (Wildman–Crippen MR) is 40.5 cm³/mol. The second-order valence-electron chi connectivity index (χ2n) is 3.20. The van der Waals surface area contributed by atoms with Crippen LogP contribution in [0.3, 0.4) is 0 Å². The summed E-state index contributed by atoms with van der Waals surface area (Å²) >= 11 is 0. The zero-order valence-corrected chi connectivity index (χ0v) is 8.91. The summed E-state index contributed by atoms with van der Waals surface area (Å²) in [5, 5.41) is 0. The van der Waals surface area contributed by atoms with E-state index >= 15 is 0 Å². The van der Waals surface area contributed by atoms with Crippen molar-refractivity contribution in [1.82, 2.24) is 0 Å². The smallest absolute Gasteiger partial charge is 0.400 e. The van der Waals surface area contributed by atoms with Crippen LogP contribution in [-0.4, -0.2) is 27.0 Å². The van der Waals surface area contributed by atoms with Gasteiger partial charge in [0.2, 0.25) is 5.60 Å².